The van der Waals surface area contributed by atoms with E-state index >= 15 is 0 Å². The van der Waals surface area contributed by atoms with Crippen LogP contribution in [0.1, 0.15) is 132 Å². The van der Waals surface area contributed by atoms with Gasteiger partial charge in [-0.3, -0.25) is 4.98 Å². The van der Waals surface area contributed by atoms with Gasteiger partial charge in [-0.25, -0.2) is 0 Å². The Morgan fingerprint density at radius 2 is 1.47 bits per heavy atom. The zero-order chi connectivity index (χ0) is 31.5. The largest absolute Gasteiger partial charge is 0.329 e. The van der Waals surface area contributed by atoms with Crippen molar-refractivity contribution < 1.29 is 0 Å². The van der Waals surface area contributed by atoms with Gasteiger partial charge in [-0.2, -0.15) is 4.80 Å². The third-order valence-electron chi connectivity index (χ3n) is 10.2. The average Bonchev–Trinajstić information content (AvgIpc) is 3.89. The second-order valence-electron chi connectivity index (χ2n) is 16.3. The average molecular weight is 604 g/mol. The Balaban J connectivity index is 1.33. The normalized spacial score (nSPS) is 18.0. The Morgan fingerprint density at radius 3 is 2.07 bits per heavy atom. The fourth-order valence-corrected chi connectivity index (χ4v) is 7.18. The molecule has 237 valence electrons. The van der Waals surface area contributed by atoms with Gasteiger partial charge in [0.25, 0.3) is 5.95 Å². The van der Waals surface area contributed by atoms with Crippen LogP contribution < -0.4 is 4.90 Å². The summed E-state index contributed by atoms with van der Waals surface area (Å²) in [6.45, 7) is 17.5. The summed E-state index contributed by atoms with van der Waals surface area (Å²) < 4.78 is 0. The van der Waals surface area contributed by atoms with Crippen molar-refractivity contribution in [2.45, 2.75) is 130 Å². The van der Waals surface area contributed by atoms with Crippen molar-refractivity contribution in [1.82, 2.24) is 25.2 Å². The van der Waals surface area contributed by atoms with Crippen molar-refractivity contribution in [1.29, 1.82) is 0 Å². The van der Waals surface area contributed by atoms with E-state index in [4.69, 9.17) is 15.2 Å². The maximum absolute atomic E-state index is 5.49. The maximum Gasteiger partial charge on any atom is 0.266 e. The van der Waals surface area contributed by atoms with Crippen LogP contribution in [0.5, 0.6) is 0 Å². The Kier molecular flexibility index (Phi) is 7.77. The van der Waals surface area contributed by atoms with Gasteiger partial charge in [0, 0.05) is 24.4 Å². The summed E-state index contributed by atoms with van der Waals surface area (Å²) >= 11 is 0. The molecule has 0 N–H and O–H groups in total. The van der Waals surface area contributed by atoms with Gasteiger partial charge in [0.05, 0.1) is 17.3 Å². The number of rotatable bonds is 9. The van der Waals surface area contributed by atoms with Gasteiger partial charge in [-0.15, -0.1) is 5.10 Å². The highest BCUT2D eigenvalue weighted by Crippen LogP contribution is 2.54. The molecular formula is C39H51N6. The van der Waals surface area contributed by atoms with E-state index in [1.165, 1.54) is 77.4 Å². The predicted molar refractivity (Wildman–Crippen MR) is 183 cm³/mol. The minimum Gasteiger partial charge on any atom is -0.329 e. The van der Waals surface area contributed by atoms with Gasteiger partial charge in [0.2, 0.25) is 0 Å². The highest BCUT2D eigenvalue weighted by atomic mass is 15.6. The Labute approximate surface area is 270 Å². The Bertz CT molecular complexity index is 1630. The molecule has 3 aliphatic carbocycles. The predicted octanol–water partition coefficient (Wildman–Crippen LogP) is 9.19. The first-order chi connectivity index (χ1) is 21.4. The molecule has 0 unspecified atom stereocenters. The van der Waals surface area contributed by atoms with Crippen molar-refractivity contribution in [3.05, 3.63) is 81.9 Å². The summed E-state index contributed by atoms with van der Waals surface area (Å²) in [5.74, 6) is 3.72. The molecule has 0 bridgehead atoms. The fraction of sp³-hybridized carbons (Fsp3) is 0.564. The van der Waals surface area contributed by atoms with Crippen LogP contribution in [0.4, 0.5) is 5.95 Å². The fourth-order valence-electron chi connectivity index (χ4n) is 7.18. The lowest BCUT2D eigenvalue weighted by Gasteiger charge is -2.29. The van der Waals surface area contributed by atoms with Crippen molar-refractivity contribution in [2.75, 3.05) is 4.90 Å². The summed E-state index contributed by atoms with van der Waals surface area (Å²) in [4.78, 5) is 9.75. The van der Waals surface area contributed by atoms with Crippen LogP contribution in [0.3, 0.4) is 0 Å². The second kappa shape index (κ2) is 11.5. The number of anilines is 1. The van der Waals surface area contributed by atoms with E-state index in [0.717, 1.165) is 30.9 Å². The van der Waals surface area contributed by atoms with E-state index in [9.17, 15) is 0 Å². The lowest BCUT2D eigenvalue weighted by atomic mass is 9.79. The van der Waals surface area contributed by atoms with E-state index in [1.54, 1.807) is 5.92 Å². The highest BCUT2D eigenvalue weighted by molar-refractivity contribution is 5.83. The Morgan fingerprint density at radius 1 is 0.822 bits per heavy atom. The first kappa shape index (κ1) is 30.4. The molecule has 0 spiro atoms. The number of tetrazole rings is 1. The summed E-state index contributed by atoms with van der Waals surface area (Å²) in [6.07, 6.45) is 9.96. The van der Waals surface area contributed by atoms with Crippen molar-refractivity contribution in [3.8, 4) is 0 Å². The number of pyridine rings is 1. The monoisotopic (exact) mass is 603 g/mol. The minimum atomic E-state index is 0.0520. The molecule has 0 amide bonds. The van der Waals surface area contributed by atoms with Crippen LogP contribution in [0.15, 0.2) is 42.5 Å². The number of aryl methyl sites for hydroxylation is 1. The quantitative estimate of drug-likeness (QED) is 0.191. The summed E-state index contributed by atoms with van der Waals surface area (Å²) in [5.41, 5.74) is 9.06. The number of nitrogens with zero attached hydrogens (tertiary/aromatic N) is 6. The van der Waals surface area contributed by atoms with Gasteiger partial charge in [0.15, 0.2) is 0 Å². The highest BCUT2D eigenvalue weighted by Gasteiger charge is 2.45. The molecule has 2 heterocycles. The molecule has 3 fully saturated rings. The van der Waals surface area contributed by atoms with Gasteiger partial charge >= 0.3 is 0 Å². The van der Waals surface area contributed by atoms with E-state index in [0.29, 0.717) is 24.4 Å². The van der Waals surface area contributed by atoms with Crippen LogP contribution in [0, 0.1) is 24.7 Å². The SMILES string of the molecule is Cc1cccc2cc(CN(Cc3cc(C(C)(C)C)cc(C(C)(C)C)c3)c3nnn(C4CCCC4)n3)c([C](C3CC3)C3CC3)nc12. The molecule has 3 aliphatic rings. The van der Waals surface area contributed by atoms with Gasteiger partial charge in [0.1, 0.15) is 0 Å². The van der Waals surface area contributed by atoms with E-state index < -0.39 is 0 Å². The molecule has 4 aromatic rings. The topological polar surface area (TPSA) is 59.7 Å². The van der Waals surface area contributed by atoms with Crippen molar-refractivity contribution in [3.63, 3.8) is 0 Å². The first-order valence-corrected chi connectivity index (χ1v) is 17.4. The molecule has 2 aromatic heterocycles. The van der Waals surface area contributed by atoms with E-state index in [2.05, 4.69) is 101 Å². The first-order valence-electron chi connectivity index (χ1n) is 17.4. The smallest absolute Gasteiger partial charge is 0.266 e. The molecule has 1 radical (unpaired) electrons. The molecule has 0 atom stereocenters. The summed E-state index contributed by atoms with van der Waals surface area (Å²) in [5, 5.41) is 15.6. The molecule has 45 heavy (non-hydrogen) atoms. The second-order valence-corrected chi connectivity index (χ2v) is 16.3. The van der Waals surface area contributed by atoms with Crippen LogP contribution >= 0.6 is 0 Å². The van der Waals surface area contributed by atoms with E-state index in [-0.39, 0.29) is 10.8 Å². The van der Waals surface area contributed by atoms with Gasteiger partial charge in [-0.1, -0.05) is 95.9 Å². The molecule has 6 heteroatoms. The summed E-state index contributed by atoms with van der Waals surface area (Å²) in [6, 6.07) is 16.6. The molecule has 0 aliphatic heterocycles. The number of hydrogen-bond acceptors (Lipinski definition) is 5. The van der Waals surface area contributed by atoms with E-state index in [1.807, 2.05) is 4.80 Å². The molecule has 6 nitrogen and oxygen atoms in total. The van der Waals surface area contributed by atoms with Crippen molar-refractivity contribution >= 4 is 16.9 Å². The lowest BCUT2D eigenvalue weighted by molar-refractivity contribution is 0.404. The zero-order valence-corrected chi connectivity index (χ0v) is 28.5. The molecular weight excluding hydrogens is 552 g/mol. The molecule has 2 aromatic carbocycles. The molecule has 7 rings (SSSR count). The van der Waals surface area contributed by atoms with Crippen LogP contribution in [0.25, 0.3) is 10.9 Å². The molecule has 0 saturated heterocycles. The minimum absolute atomic E-state index is 0.0520. The van der Waals surface area contributed by atoms with Crippen molar-refractivity contribution in [2.24, 2.45) is 11.8 Å². The van der Waals surface area contributed by atoms with Crippen LogP contribution in [0.2, 0.25) is 0 Å². The standard InChI is InChI=1S/C39H51N6/c1-25-11-10-12-29-21-30(36(40-35(25)29)34(27-15-16-27)28-17-18-28)24-44(37-41-43-45(42-37)33-13-8-9-14-33)23-26-19-31(38(2,3)4)22-32(20-26)39(5,6)7/h10-12,19-22,27-28,33H,8-9,13-18,23-24H2,1-7H3. The Hall–Kier alpha value is -3.28. The van der Waals surface area contributed by atoms with Gasteiger partial charge < -0.3 is 4.90 Å². The number of para-hydroxylation sites is 1. The third-order valence-corrected chi connectivity index (χ3v) is 10.2. The number of benzene rings is 2. The molecule has 3 saturated carbocycles. The lowest BCUT2D eigenvalue weighted by Crippen LogP contribution is -2.26. The number of aromatic nitrogens is 5. The van der Waals surface area contributed by atoms with Crippen LogP contribution in [-0.4, -0.2) is 25.2 Å². The third kappa shape index (κ3) is 6.53. The number of fused-ring (bicyclic) bond motifs is 1. The number of hydrogen-bond donors (Lipinski definition) is 0. The maximum atomic E-state index is 5.49. The van der Waals surface area contributed by atoms with Crippen LogP contribution in [-0.2, 0) is 23.9 Å². The van der Waals surface area contributed by atoms with Gasteiger partial charge in [-0.05, 0) is 107 Å². The zero-order valence-electron chi connectivity index (χ0n) is 28.5. The summed E-state index contributed by atoms with van der Waals surface area (Å²) in [7, 11) is 0.